The number of aromatic nitrogens is 1. The average Bonchev–Trinajstić information content (AvgIpc) is 2.81. The molecule has 2 rings (SSSR count). The van der Waals surface area contributed by atoms with Crippen molar-refractivity contribution >= 4 is 22.4 Å². The third-order valence-electron chi connectivity index (χ3n) is 2.56. The van der Waals surface area contributed by atoms with Crippen molar-refractivity contribution in [1.82, 2.24) is 4.37 Å². The molecule has 18 heavy (non-hydrogen) atoms. The minimum absolute atomic E-state index is 0.560. The number of nitrogens with zero attached hydrogens (tertiary/aromatic N) is 1. The quantitative estimate of drug-likeness (QED) is 0.841. The predicted molar refractivity (Wildman–Crippen MR) is 75.6 cm³/mol. The zero-order valence-corrected chi connectivity index (χ0v) is 11.2. The van der Waals surface area contributed by atoms with Crippen LogP contribution in [0, 0.1) is 0 Å². The second-order valence-electron chi connectivity index (χ2n) is 3.88. The first-order chi connectivity index (χ1) is 8.79. The van der Waals surface area contributed by atoms with Crippen LogP contribution in [0.1, 0.15) is 18.1 Å². The molecule has 0 fully saturated rings. The van der Waals surface area contributed by atoms with Crippen LogP contribution in [-0.4, -0.2) is 11.0 Å². The molecule has 0 spiro atoms. The Morgan fingerprint density at radius 3 is 2.78 bits per heavy atom. The van der Waals surface area contributed by atoms with Gasteiger partial charge in [-0.1, -0.05) is 24.3 Å². The van der Waals surface area contributed by atoms with Gasteiger partial charge >= 0.3 is 0 Å². The monoisotopic (exact) mass is 263 g/mol. The van der Waals surface area contributed by atoms with Crippen molar-refractivity contribution < 1.29 is 4.74 Å². The Morgan fingerprint density at radius 2 is 2.11 bits per heavy atom. The van der Waals surface area contributed by atoms with Gasteiger partial charge in [0.05, 0.1) is 6.61 Å². The first-order valence-corrected chi connectivity index (χ1v) is 6.67. The summed E-state index contributed by atoms with van der Waals surface area (Å²) in [5, 5.41) is 4.30. The van der Waals surface area contributed by atoms with Crippen LogP contribution in [0.3, 0.4) is 0 Å². The highest BCUT2D eigenvalue weighted by Gasteiger charge is 2.03. The zero-order chi connectivity index (χ0) is 12.8. The van der Waals surface area contributed by atoms with Crippen molar-refractivity contribution in [2.24, 2.45) is 0 Å². The molecule has 0 aliphatic rings. The summed E-state index contributed by atoms with van der Waals surface area (Å²) < 4.78 is 9.49. The van der Waals surface area contributed by atoms with Crippen LogP contribution < -0.4 is 11.1 Å². The van der Waals surface area contributed by atoms with Gasteiger partial charge < -0.3 is 15.8 Å². The fourth-order valence-corrected chi connectivity index (χ4v) is 2.20. The van der Waals surface area contributed by atoms with Crippen LogP contribution >= 0.6 is 11.5 Å². The fourth-order valence-electron chi connectivity index (χ4n) is 1.64. The number of rotatable bonds is 6. The molecule has 1 aromatic heterocycles. The van der Waals surface area contributed by atoms with E-state index < -0.39 is 0 Å². The Bertz CT molecular complexity index is 498. The maximum Gasteiger partial charge on any atom is 0.139 e. The number of anilines is 2. The van der Waals surface area contributed by atoms with Crippen molar-refractivity contribution in [2.45, 2.75) is 20.1 Å². The fraction of sp³-hybridized carbons (Fsp3) is 0.308. The molecule has 0 amide bonds. The van der Waals surface area contributed by atoms with Gasteiger partial charge in [-0.05, 0) is 29.6 Å². The predicted octanol–water partition coefficient (Wildman–Crippen LogP) is 2.87. The molecule has 96 valence electrons. The number of hydrogen-bond acceptors (Lipinski definition) is 5. The van der Waals surface area contributed by atoms with E-state index in [0.29, 0.717) is 12.4 Å². The van der Waals surface area contributed by atoms with E-state index in [-0.39, 0.29) is 0 Å². The van der Waals surface area contributed by atoms with Gasteiger partial charge in [-0.2, -0.15) is 4.37 Å². The van der Waals surface area contributed by atoms with E-state index in [1.807, 2.05) is 25.1 Å². The second-order valence-corrected chi connectivity index (χ2v) is 4.68. The van der Waals surface area contributed by atoms with Gasteiger partial charge in [0, 0.05) is 19.2 Å². The summed E-state index contributed by atoms with van der Waals surface area (Å²) in [4.78, 5) is 0. The van der Waals surface area contributed by atoms with Crippen molar-refractivity contribution in [3.63, 3.8) is 0 Å². The molecule has 0 aliphatic heterocycles. The summed E-state index contributed by atoms with van der Waals surface area (Å²) in [5.74, 6) is 0.560. The minimum atomic E-state index is 0.560. The molecule has 0 bridgehead atoms. The van der Waals surface area contributed by atoms with Gasteiger partial charge in [-0.15, -0.1) is 0 Å². The van der Waals surface area contributed by atoms with Gasteiger partial charge in [-0.25, -0.2) is 0 Å². The number of hydrogen-bond donors (Lipinski definition) is 2. The smallest absolute Gasteiger partial charge is 0.139 e. The van der Waals surface area contributed by atoms with Crippen molar-refractivity contribution in [2.75, 3.05) is 17.7 Å². The standard InChI is InChI=1S/C13H17N3OS/c1-2-17-9-11-6-4-3-5-10(11)8-15-13-7-12(14)16-18-13/h3-7,15H,2,8-9H2,1H3,(H2,14,16). The normalized spacial score (nSPS) is 10.5. The largest absolute Gasteiger partial charge is 0.383 e. The molecule has 0 aliphatic carbocycles. The Kier molecular flexibility index (Phi) is 4.55. The van der Waals surface area contributed by atoms with Crippen LogP contribution in [0.2, 0.25) is 0 Å². The Labute approximate surface area is 111 Å². The maximum absolute atomic E-state index is 5.58. The number of ether oxygens (including phenoxy) is 1. The molecule has 0 unspecified atom stereocenters. The highest BCUT2D eigenvalue weighted by molar-refractivity contribution is 7.10. The summed E-state index contributed by atoms with van der Waals surface area (Å²) in [5.41, 5.74) is 8.03. The lowest BCUT2D eigenvalue weighted by Gasteiger charge is -2.10. The van der Waals surface area contributed by atoms with Gasteiger partial charge in [0.25, 0.3) is 0 Å². The molecule has 2 aromatic rings. The molecule has 1 heterocycles. The number of benzene rings is 1. The molecule has 0 saturated heterocycles. The highest BCUT2D eigenvalue weighted by Crippen LogP contribution is 2.19. The van der Waals surface area contributed by atoms with Gasteiger partial charge in [0.15, 0.2) is 0 Å². The van der Waals surface area contributed by atoms with E-state index in [4.69, 9.17) is 10.5 Å². The summed E-state index contributed by atoms with van der Waals surface area (Å²) in [6.45, 7) is 4.14. The Hall–Kier alpha value is -1.59. The molecule has 1 aromatic carbocycles. The zero-order valence-electron chi connectivity index (χ0n) is 10.3. The summed E-state index contributed by atoms with van der Waals surface area (Å²) >= 11 is 1.38. The third-order valence-corrected chi connectivity index (χ3v) is 3.32. The van der Waals surface area contributed by atoms with E-state index in [1.54, 1.807) is 0 Å². The Balaban J connectivity index is 1.99. The third kappa shape index (κ3) is 3.45. The van der Waals surface area contributed by atoms with E-state index in [1.165, 1.54) is 22.7 Å². The maximum atomic E-state index is 5.58. The molecule has 0 radical (unpaired) electrons. The van der Waals surface area contributed by atoms with Crippen LogP contribution in [0.25, 0.3) is 0 Å². The van der Waals surface area contributed by atoms with Crippen LogP contribution in [0.4, 0.5) is 10.8 Å². The number of nitrogens with one attached hydrogen (secondary N) is 1. The van der Waals surface area contributed by atoms with Crippen LogP contribution in [0.15, 0.2) is 30.3 Å². The van der Waals surface area contributed by atoms with Crippen molar-refractivity contribution in [3.05, 3.63) is 41.5 Å². The lowest BCUT2D eigenvalue weighted by atomic mass is 10.1. The lowest BCUT2D eigenvalue weighted by Crippen LogP contribution is -2.03. The van der Waals surface area contributed by atoms with Gasteiger partial charge in [0.1, 0.15) is 10.8 Å². The van der Waals surface area contributed by atoms with Crippen molar-refractivity contribution in [3.8, 4) is 0 Å². The number of nitrogen functional groups attached to an aromatic ring is 1. The Morgan fingerprint density at radius 1 is 1.33 bits per heavy atom. The molecule has 5 heteroatoms. The molecular formula is C13H17N3OS. The first-order valence-electron chi connectivity index (χ1n) is 5.90. The second kappa shape index (κ2) is 6.37. The van der Waals surface area contributed by atoms with E-state index in [2.05, 4.69) is 21.8 Å². The van der Waals surface area contributed by atoms with E-state index in [9.17, 15) is 0 Å². The van der Waals surface area contributed by atoms with E-state index in [0.717, 1.165) is 18.2 Å². The summed E-state index contributed by atoms with van der Waals surface area (Å²) in [6.07, 6.45) is 0. The van der Waals surface area contributed by atoms with Gasteiger partial charge in [-0.3, -0.25) is 0 Å². The van der Waals surface area contributed by atoms with Crippen LogP contribution in [0.5, 0.6) is 0 Å². The van der Waals surface area contributed by atoms with E-state index >= 15 is 0 Å². The summed E-state index contributed by atoms with van der Waals surface area (Å²) in [6, 6.07) is 10.1. The highest BCUT2D eigenvalue weighted by atomic mass is 32.1. The molecule has 3 N–H and O–H groups in total. The SMILES string of the molecule is CCOCc1ccccc1CNc1cc(N)ns1. The van der Waals surface area contributed by atoms with Crippen LogP contribution in [-0.2, 0) is 17.9 Å². The lowest BCUT2D eigenvalue weighted by molar-refractivity contribution is 0.133. The van der Waals surface area contributed by atoms with Crippen molar-refractivity contribution in [1.29, 1.82) is 0 Å². The number of nitrogens with two attached hydrogens (primary N) is 1. The van der Waals surface area contributed by atoms with Gasteiger partial charge in [0.2, 0.25) is 0 Å². The molecule has 0 saturated carbocycles. The summed E-state index contributed by atoms with van der Waals surface area (Å²) in [7, 11) is 0. The average molecular weight is 263 g/mol. The molecular weight excluding hydrogens is 246 g/mol. The topological polar surface area (TPSA) is 60.2 Å². The molecule has 0 atom stereocenters. The molecule has 4 nitrogen and oxygen atoms in total. The minimum Gasteiger partial charge on any atom is -0.383 e. The first kappa shape index (κ1) is 12.9.